The van der Waals surface area contributed by atoms with Gasteiger partial charge in [0.05, 0.1) is 22.2 Å². The number of alkyl halides is 7. The number of alkyl carbamates (subject to hydrolysis) is 1. The molecule has 0 saturated carbocycles. The fourth-order valence-corrected chi connectivity index (χ4v) is 10.1. The number of fused-ring (bicyclic) bond motifs is 2. The van der Waals surface area contributed by atoms with Gasteiger partial charge in [-0.2, -0.15) is 0 Å². The number of nitrogens with one attached hydrogen (secondary N) is 2. The van der Waals surface area contributed by atoms with Gasteiger partial charge in [0.25, 0.3) is 11.8 Å². The number of aromatic nitrogens is 2. The van der Waals surface area contributed by atoms with Crippen LogP contribution < -0.4 is 14.8 Å². The molecule has 0 spiro atoms. The van der Waals surface area contributed by atoms with E-state index in [-0.39, 0.29) is 36.2 Å². The molecule has 2 aromatic heterocycles. The average molecular weight is 1240 g/mol. The average Bonchev–Trinajstić information content (AvgIpc) is 2.97. The molecule has 8 aromatic rings. The smallest absolute Gasteiger partial charge is 0.432 e. The Morgan fingerprint density at radius 2 is 1.13 bits per heavy atom. The Bertz CT molecular complexity index is 3810. The molecule has 426 valence electrons. The lowest BCUT2D eigenvalue weighted by molar-refractivity contribution is -0.275. The molecule has 6 aromatic carbocycles. The molecule has 23 heteroatoms. The van der Waals surface area contributed by atoms with E-state index in [4.69, 9.17) is 32.7 Å². The number of likely N-dealkylation sites (N-methyl/N-ethyl adjacent to an activating group) is 1. The third-order valence-corrected chi connectivity index (χ3v) is 14.5. The molecule has 4 amide bonds. The van der Waals surface area contributed by atoms with E-state index in [1.54, 1.807) is 86.0 Å². The maximum absolute atomic E-state index is 13.6. The van der Waals surface area contributed by atoms with Gasteiger partial charge in [0.15, 0.2) is 22.8 Å². The van der Waals surface area contributed by atoms with E-state index in [0.717, 1.165) is 26.9 Å². The van der Waals surface area contributed by atoms with E-state index in [2.05, 4.69) is 35.7 Å². The van der Waals surface area contributed by atoms with Crippen LogP contribution in [0.15, 0.2) is 133 Å². The lowest BCUT2D eigenvalue weighted by atomic mass is 9.95. The van der Waals surface area contributed by atoms with Gasteiger partial charge in [0.1, 0.15) is 11.5 Å². The standard InChI is InChI=1S/C29H22ClF3N2O5.C17H11ClF3NO2.C13H14BrNO3/c1-16-24(25(36)19-6-8-20(30)9-7-19)22-11-10-21(39-29(31,32)33)13-23(22)35(16)15-18-5-3-4-17(12-18)14-28(2)26(37)34-27(38)40-28;1-9-15(16(23)10-2-4-11(18)5-3-10)13-7-6-12(8-14(13)22-9)24-17(19,20)21;1-13(11(16)15(2)12(17)18-13)7-9-4-3-5-10(6-9)8-14/h3-13H,14-15H2,1-2H3,(H,34,37,38);2-8,22H,1H3;3-6H,7-8H2,1-2H3/t28-;;13-/m1.1/s1. The fourth-order valence-electron chi connectivity index (χ4n) is 9.53. The number of amides is 4. The molecule has 2 fully saturated rings. The van der Waals surface area contributed by atoms with Gasteiger partial charge < -0.3 is 28.5 Å². The number of hydrogen-bond donors (Lipinski definition) is 2. The summed E-state index contributed by atoms with van der Waals surface area (Å²) in [6.45, 7) is 6.77. The molecule has 0 bridgehead atoms. The van der Waals surface area contributed by atoms with Crippen LogP contribution in [0.1, 0.15) is 79.3 Å². The number of aryl methyl sites for hydroxylation is 1. The molecule has 10 rings (SSSR count). The number of cyclic esters (lactones) is 2. The number of hydrogen-bond acceptors (Lipinski definition) is 10. The fraction of sp³-hybridized carbons (Fsp3) is 0.220. The van der Waals surface area contributed by atoms with Gasteiger partial charge in [-0.05, 0) is 123 Å². The van der Waals surface area contributed by atoms with Crippen LogP contribution in [0.4, 0.5) is 35.9 Å². The SMILES string of the molecule is CN1C(=O)O[C@](C)(Cc2cccc(CBr)c2)C1=O.Cc1[nH]c2cc(OC(F)(F)F)ccc2c1C(=O)c1ccc(Cl)cc1.Cc1c(C(=O)c2ccc(Cl)cc2)c2ccc(OC(F)(F)F)cc2n1Cc1cccc(C[C@@]2(C)OC(=O)NC2=O)c1. The van der Waals surface area contributed by atoms with Gasteiger partial charge in [0.2, 0.25) is 0 Å². The molecule has 14 nitrogen and oxygen atoms in total. The first-order chi connectivity index (χ1) is 38.5. The van der Waals surface area contributed by atoms with Crippen LogP contribution in [-0.2, 0) is 43.8 Å². The Kier molecular flexibility index (Phi) is 17.4. The summed E-state index contributed by atoms with van der Waals surface area (Å²) < 4.78 is 96.1. The first kappa shape index (κ1) is 60.0. The van der Waals surface area contributed by atoms with Crippen LogP contribution in [0.2, 0.25) is 10.0 Å². The largest absolute Gasteiger partial charge is 0.573 e. The zero-order valence-electron chi connectivity index (χ0n) is 43.9. The van der Waals surface area contributed by atoms with Crippen molar-refractivity contribution in [3.8, 4) is 11.5 Å². The number of H-pyrrole nitrogens is 1. The first-order valence-corrected chi connectivity index (χ1v) is 26.6. The number of benzene rings is 6. The number of carbonyl (C=O) groups is 6. The number of carbonyl (C=O) groups excluding carboxylic acids is 6. The van der Waals surface area contributed by atoms with Crippen molar-refractivity contribution in [3.05, 3.63) is 199 Å². The summed E-state index contributed by atoms with van der Waals surface area (Å²) >= 11 is 15.2. The molecule has 82 heavy (non-hydrogen) atoms. The minimum absolute atomic E-state index is 0.119. The van der Waals surface area contributed by atoms with Crippen LogP contribution >= 0.6 is 39.1 Å². The van der Waals surface area contributed by atoms with E-state index in [9.17, 15) is 55.1 Å². The predicted octanol–water partition coefficient (Wildman–Crippen LogP) is 14.1. The van der Waals surface area contributed by atoms with Gasteiger partial charge in [0, 0.05) is 87.2 Å². The predicted molar refractivity (Wildman–Crippen MR) is 296 cm³/mol. The second kappa shape index (κ2) is 23.8. The third-order valence-electron chi connectivity index (χ3n) is 13.3. The van der Waals surface area contributed by atoms with Gasteiger partial charge in [-0.1, -0.05) is 87.7 Å². The molecular formula is C59H47BrCl2F6N4O10. The van der Waals surface area contributed by atoms with Crippen molar-refractivity contribution in [2.45, 2.75) is 76.3 Å². The Hall–Kier alpha value is -8.14. The van der Waals surface area contributed by atoms with Crippen molar-refractivity contribution in [1.29, 1.82) is 0 Å². The van der Waals surface area contributed by atoms with E-state index >= 15 is 0 Å². The number of rotatable bonds is 13. The highest BCUT2D eigenvalue weighted by Crippen LogP contribution is 2.36. The molecular weight excluding hydrogens is 1190 g/mol. The molecule has 0 aliphatic carbocycles. The Balaban J connectivity index is 0.000000177. The lowest BCUT2D eigenvalue weighted by Crippen LogP contribution is -2.38. The van der Waals surface area contributed by atoms with Gasteiger partial charge in [-0.15, -0.1) is 26.3 Å². The van der Waals surface area contributed by atoms with Crippen molar-refractivity contribution in [2.75, 3.05) is 7.05 Å². The third kappa shape index (κ3) is 13.8. The van der Waals surface area contributed by atoms with Crippen molar-refractivity contribution in [1.82, 2.24) is 19.8 Å². The van der Waals surface area contributed by atoms with Crippen LogP contribution in [0.5, 0.6) is 11.5 Å². The molecule has 2 aliphatic rings. The van der Waals surface area contributed by atoms with Crippen LogP contribution in [-0.4, -0.2) is 81.0 Å². The minimum Gasteiger partial charge on any atom is -0.432 e. The number of halogens is 9. The summed E-state index contributed by atoms with van der Waals surface area (Å²) in [6, 6.07) is 35.5. The molecule has 4 heterocycles. The summed E-state index contributed by atoms with van der Waals surface area (Å²) in [5.41, 5.74) is 4.55. The molecule has 2 aliphatic heterocycles. The normalized spacial score (nSPS) is 16.9. The van der Waals surface area contributed by atoms with E-state index < -0.39 is 47.8 Å². The topological polar surface area (TPSA) is 175 Å². The quantitative estimate of drug-likeness (QED) is 0.0642. The molecule has 2 saturated heterocycles. The highest BCUT2D eigenvalue weighted by molar-refractivity contribution is 9.08. The lowest BCUT2D eigenvalue weighted by Gasteiger charge is -2.19. The Morgan fingerprint density at radius 3 is 1.65 bits per heavy atom. The highest BCUT2D eigenvalue weighted by Gasteiger charge is 2.49. The van der Waals surface area contributed by atoms with Gasteiger partial charge in [-0.25, -0.2) is 14.5 Å². The van der Waals surface area contributed by atoms with Crippen molar-refractivity contribution in [3.63, 3.8) is 0 Å². The summed E-state index contributed by atoms with van der Waals surface area (Å²) in [6.07, 6.45) is -10.5. The molecule has 0 unspecified atom stereocenters. The summed E-state index contributed by atoms with van der Waals surface area (Å²) in [5.74, 6) is -2.14. The minimum atomic E-state index is -4.89. The summed E-state index contributed by atoms with van der Waals surface area (Å²) in [7, 11) is 1.44. The number of nitrogens with zero attached hydrogens (tertiary/aromatic N) is 2. The molecule has 2 atom stereocenters. The second-order valence-electron chi connectivity index (χ2n) is 19.5. The Labute approximate surface area is 482 Å². The zero-order valence-corrected chi connectivity index (χ0v) is 47.0. The van der Waals surface area contributed by atoms with Gasteiger partial charge in [-0.3, -0.25) is 24.5 Å². The van der Waals surface area contributed by atoms with E-state index in [1.165, 1.54) is 50.4 Å². The first-order valence-electron chi connectivity index (χ1n) is 24.7. The van der Waals surface area contributed by atoms with Crippen LogP contribution in [0.25, 0.3) is 21.8 Å². The summed E-state index contributed by atoms with van der Waals surface area (Å²) in [4.78, 5) is 77.3. The monoisotopic (exact) mass is 1230 g/mol. The van der Waals surface area contributed by atoms with E-state index in [0.29, 0.717) is 77.5 Å². The number of aromatic amines is 1. The van der Waals surface area contributed by atoms with Gasteiger partial charge >= 0.3 is 24.9 Å². The van der Waals surface area contributed by atoms with E-state index in [1.807, 2.05) is 36.4 Å². The summed E-state index contributed by atoms with van der Waals surface area (Å²) in [5, 5.41) is 4.85. The maximum Gasteiger partial charge on any atom is 0.573 e. The second-order valence-corrected chi connectivity index (χ2v) is 20.9. The highest BCUT2D eigenvalue weighted by atomic mass is 79.9. The molecule has 0 radical (unpaired) electrons. The zero-order chi connectivity index (χ0) is 59.6. The van der Waals surface area contributed by atoms with Crippen LogP contribution in [0.3, 0.4) is 0 Å². The van der Waals surface area contributed by atoms with Crippen molar-refractivity contribution in [2.24, 2.45) is 0 Å². The number of ether oxygens (including phenoxy) is 4. The number of imide groups is 2. The van der Waals surface area contributed by atoms with Crippen molar-refractivity contribution < 1.29 is 74.1 Å². The van der Waals surface area contributed by atoms with Crippen LogP contribution in [0, 0.1) is 13.8 Å². The van der Waals surface area contributed by atoms with Crippen molar-refractivity contribution >= 4 is 96.5 Å². The maximum atomic E-state index is 13.6. The Morgan fingerprint density at radius 1 is 0.634 bits per heavy atom. The molecule has 2 N–H and O–H groups in total. The number of ketones is 2.